The maximum Gasteiger partial charge on any atom is 0.0885 e. The minimum atomic E-state index is 0.544. The maximum absolute atomic E-state index is 5.84. The van der Waals surface area contributed by atoms with Gasteiger partial charge in [0.2, 0.25) is 0 Å². The van der Waals surface area contributed by atoms with Crippen LogP contribution < -0.4 is 5.32 Å². The van der Waals surface area contributed by atoms with E-state index in [-0.39, 0.29) is 0 Å². The van der Waals surface area contributed by atoms with E-state index in [1.807, 2.05) is 4.68 Å². The second-order valence-electron chi connectivity index (χ2n) is 4.96. The molecule has 4 nitrogen and oxygen atoms in total. The van der Waals surface area contributed by atoms with Crippen LogP contribution in [0.15, 0.2) is 6.07 Å². The van der Waals surface area contributed by atoms with Gasteiger partial charge in [-0.3, -0.25) is 4.68 Å². The van der Waals surface area contributed by atoms with E-state index in [1.165, 1.54) is 25.0 Å². The Hall–Kier alpha value is -0.870. The molecule has 4 heteroatoms. The van der Waals surface area contributed by atoms with Gasteiger partial charge < -0.3 is 10.1 Å². The lowest BCUT2D eigenvalue weighted by Crippen LogP contribution is -2.37. The van der Waals surface area contributed by atoms with E-state index in [1.54, 1.807) is 0 Å². The van der Waals surface area contributed by atoms with Gasteiger partial charge in [0, 0.05) is 12.6 Å². The third-order valence-corrected chi connectivity index (χ3v) is 3.56. The summed E-state index contributed by atoms with van der Waals surface area (Å²) in [5.74, 6) is 0. The van der Waals surface area contributed by atoms with E-state index < -0.39 is 0 Å². The molecule has 1 aliphatic heterocycles. The largest absolute Gasteiger partial charge is 0.374 e. The SMILES string of the molecule is CCc1cc(COCC2CCCCN2)n(CC)n1. The Bertz CT molecular complexity index is 356. The van der Waals surface area contributed by atoms with Gasteiger partial charge in [-0.2, -0.15) is 5.10 Å². The van der Waals surface area contributed by atoms with Gasteiger partial charge >= 0.3 is 0 Å². The second kappa shape index (κ2) is 6.90. The van der Waals surface area contributed by atoms with Crippen LogP contribution in [-0.2, 0) is 24.3 Å². The van der Waals surface area contributed by atoms with Crippen LogP contribution >= 0.6 is 0 Å². The first-order valence-corrected chi connectivity index (χ1v) is 7.20. The molecule has 1 atom stereocenters. The molecule has 1 aromatic rings. The summed E-state index contributed by atoms with van der Waals surface area (Å²) in [6.45, 7) is 7.81. The van der Waals surface area contributed by atoms with Crippen molar-refractivity contribution in [1.29, 1.82) is 0 Å². The maximum atomic E-state index is 5.84. The van der Waals surface area contributed by atoms with Crippen molar-refractivity contribution in [3.63, 3.8) is 0 Å². The van der Waals surface area contributed by atoms with Crippen LogP contribution in [-0.4, -0.2) is 29.0 Å². The molecule has 18 heavy (non-hydrogen) atoms. The number of aromatic nitrogens is 2. The summed E-state index contributed by atoms with van der Waals surface area (Å²) in [6.07, 6.45) is 4.87. The highest BCUT2D eigenvalue weighted by atomic mass is 16.5. The van der Waals surface area contributed by atoms with Crippen LogP contribution in [0.2, 0.25) is 0 Å². The van der Waals surface area contributed by atoms with Crippen molar-refractivity contribution in [2.45, 2.75) is 58.7 Å². The third kappa shape index (κ3) is 3.56. The molecule has 0 spiro atoms. The number of hydrogen-bond acceptors (Lipinski definition) is 3. The van der Waals surface area contributed by atoms with E-state index in [9.17, 15) is 0 Å². The van der Waals surface area contributed by atoms with Gasteiger partial charge in [-0.15, -0.1) is 0 Å². The molecular formula is C14H25N3O. The standard InChI is InChI=1S/C14H25N3O/c1-3-12-9-14(17(4-2)16-12)11-18-10-13-7-5-6-8-15-13/h9,13,15H,3-8,10-11H2,1-2H3. The van der Waals surface area contributed by atoms with Gasteiger partial charge in [-0.1, -0.05) is 13.3 Å². The molecule has 2 rings (SSSR count). The summed E-state index contributed by atoms with van der Waals surface area (Å²) in [5, 5.41) is 8.04. The molecule has 1 fully saturated rings. The number of ether oxygens (including phenoxy) is 1. The zero-order chi connectivity index (χ0) is 12.8. The number of piperidine rings is 1. The van der Waals surface area contributed by atoms with Gasteiger partial charge in [0.25, 0.3) is 0 Å². The number of rotatable bonds is 6. The summed E-state index contributed by atoms with van der Waals surface area (Å²) < 4.78 is 7.88. The topological polar surface area (TPSA) is 39.1 Å². The summed E-state index contributed by atoms with van der Waals surface area (Å²) >= 11 is 0. The summed E-state index contributed by atoms with van der Waals surface area (Å²) in [5.41, 5.74) is 2.36. The fourth-order valence-corrected chi connectivity index (χ4v) is 2.45. The van der Waals surface area contributed by atoms with Crippen molar-refractivity contribution in [2.75, 3.05) is 13.2 Å². The molecule has 102 valence electrons. The van der Waals surface area contributed by atoms with Gasteiger partial charge in [0.1, 0.15) is 0 Å². The summed E-state index contributed by atoms with van der Waals surface area (Å²) in [6, 6.07) is 2.71. The quantitative estimate of drug-likeness (QED) is 0.842. The van der Waals surface area contributed by atoms with Crippen molar-refractivity contribution in [3.05, 3.63) is 17.5 Å². The van der Waals surface area contributed by atoms with E-state index in [0.717, 1.165) is 31.8 Å². The van der Waals surface area contributed by atoms with Crippen molar-refractivity contribution in [3.8, 4) is 0 Å². The molecule has 2 heterocycles. The van der Waals surface area contributed by atoms with Gasteiger partial charge in [-0.05, 0) is 38.8 Å². The van der Waals surface area contributed by atoms with E-state index >= 15 is 0 Å². The molecule has 0 bridgehead atoms. The monoisotopic (exact) mass is 251 g/mol. The van der Waals surface area contributed by atoms with Crippen molar-refractivity contribution < 1.29 is 4.74 Å². The minimum absolute atomic E-state index is 0.544. The van der Waals surface area contributed by atoms with E-state index in [4.69, 9.17) is 4.74 Å². The Morgan fingerprint density at radius 2 is 2.33 bits per heavy atom. The predicted octanol–water partition coefficient (Wildman–Crippen LogP) is 2.12. The van der Waals surface area contributed by atoms with Crippen molar-refractivity contribution in [2.24, 2.45) is 0 Å². The first-order chi connectivity index (χ1) is 8.83. The fourth-order valence-electron chi connectivity index (χ4n) is 2.45. The van der Waals surface area contributed by atoms with Gasteiger partial charge in [0.15, 0.2) is 0 Å². The molecule has 1 unspecified atom stereocenters. The van der Waals surface area contributed by atoms with Crippen LogP contribution in [0.1, 0.15) is 44.5 Å². The third-order valence-electron chi connectivity index (χ3n) is 3.56. The zero-order valence-electron chi connectivity index (χ0n) is 11.6. The van der Waals surface area contributed by atoms with Crippen LogP contribution in [0, 0.1) is 0 Å². The highest BCUT2D eigenvalue weighted by Gasteiger charge is 2.13. The first-order valence-electron chi connectivity index (χ1n) is 7.20. The lowest BCUT2D eigenvalue weighted by atomic mass is 10.1. The Labute approximate surface area is 110 Å². The average Bonchev–Trinajstić information content (AvgIpc) is 2.82. The van der Waals surface area contributed by atoms with Crippen LogP contribution in [0.25, 0.3) is 0 Å². The average molecular weight is 251 g/mol. The summed E-state index contributed by atoms with van der Waals surface area (Å²) in [7, 11) is 0. The lowest BCUT2D eigenvalue weighted by molar-refractivity contribution is 0.0866. The summed E-state index contributed by atoms with van der Waals surface area (Å²) in [4.78, 5) is 0. The second-order valence-corrected chi connectivity index (χ2v) is 4.96. The first kappa shape index (κ1) is 13.6. The molecule has 0 aliphatic carbocycles. The Kier molecular flexibility index (Phi) is 5.20. The van der Waals surface area contributed by atoms with E-state index in [0.29, 0.717) is 12.6 Å². The van der Waals surface area contributed by atoms with Crippen molar-refractivity contribution >= 4 is 0 Å². The molecule has 1 aliphatic rings. The molecule has 1 N–H and O–H groups in total. The fraction of sp³-hybridized carbons (Fsp3) is 0.786. The molecule has 0 aromatic carbocycles. The Morgan fingerprint density at radius 3 is 3.00 bits per heavy atom. The molecule has 0 radical (unpaired) electrons. The van der Waals surface area contributed by atoms with Gasteiger partial charge in [-0.25, -0.2) is 0 Å². The van der Waals surface area contributed by atoms with E-state index in [2.05, 4.69) is 30.3 Å². The number of nitrogens with zero attached hydrogens (tertiary/aromatic N) is 2. The number of nitrogens with one attached hydrogen (secondary N) is 1. The number of aryl methyl sites for hydroxylation is 2. The normalized spacial score (nSPS) is 20.2. The van der Waals surface area contributed by atoms with Gasteiger partial charge in [0.05, 0.1) is 24.6 Å². The minimum Gasteiger partial charge on any atom is -0.374 e. The molecule has 0 saturated carbocycles. The zero-order valence-corrected chi connectivity index (χ0v) is 11.6. The highest BCUT2D eigenvalue weighted by Crippen LogP contribution is 2.10. The van der Waals surface area contributed by atoms with Crippen LogP contribution in [0.4, 0.5) is 0 Å². The van der Waals surface area contributed by atoms with Crippen LogP contribution in [0.3, 0.4) is 0 Å². The van der Waals surface area contributed by atoms with Crippen molar-refractivity contribution in [1.82, 2.24) is 15.1 Å². The molecular weight excluding hydrogens is 226 g/mol. The van der Waals surface area contributed by atoms with Crippen LogP contribution in [0.5, 0.6) is 0 Å². The molecule has 1 saturated heterocycles. The Balaban J connectivity index is 1.79. The Morgan fingerprint density at radius 1 is 1.44 bits per heavy atom. The smallest absolute Gasteiger partial charge is 0.0885 e. The predicted molar refractivity (Wildman–Crippen MR) is 72.6 cm³/mol. The number of hydrogen-bond donors (Lipinski definition) is 1. The lowest BCUT2D eigenvalue weighted by Gasteiger charge is -2.23. The molecule has 1 aromatic heterocycles. The molecule has 0 amide bonds. The highest BCUT2D eigenvalue weighted by molar-refractivity contribution is 5.09.